The van der Waals surface area contributed by atoms with Gasteiger partial charge in [-0.05, 0) is 31.2 Å². The molecule has 0 aliphatic carbocycles. The molecule has 0 aliphatic rings. The van der Waals surface area contributed by atoms with Gasteiger partial charge >= 0.3 is 5.97 Å². The molecule has 0 saturated heterocycles. The van der Waals surface area contributed by atoms with Crippen LogP contribution in [0, 0.1) is 0 Å². The van der Waals surface area contributed by atoms with Gasteiger partial charge in [-0.25, -0.2) is 0 Å². The first-order valence-corrected chi connectivity index (χ1v) is 6.74. The van der Waals surface area contributed by atoms with Crippen LogP contribution in [0.2, 0.25) is 5.02 Å². The van der Waals surface area contributed by atoms with Gasteiger partial charge in [0.25, 0.3) is 5.91 Å². The largest absolute Gasteiger partial charge is 0.468 e. The molecule has 0 atom stereocenters. The van der Waals surface area contributed by atoms with Crippen LogP contribution in [0.4, 0.5) is 0 Å². The van der Waals surface area contributed by atoms with E-state index in [0.717, 1.165) is 0 Å². The van der Waals surface area contributed by atoms with Crippen molar-refractivity contribution in [2.75, 3.05) is 26.7 Å². The number of nitrogens with one attached hydrogen (secondary N) is 1. The number of nitrogens with zero attached hydrogens (tertiary/aromatic N) is 1. The van der Waals surface area contributed by atoms with Crippen LogP contribution in [-0.4, -0.2) is 49.4 Å². The smallest absolute Gasteiger partial charge is 0.325 e. The Morgan fingerprint density at radius 3 is 2.38 bits per heavy atom. The molecule has 0 saturated carbocycles. The summed E-state index contributed by atoms with van der Waals surface area (Å²) in [6.45, 7) is 1.77. The van der Waals surface area contributed by atoms with E-state index in [9.17, 15) is 14.4 Å². The van der Waals surface area contributed by atoms with Gasteiger partial charge in [-0.15, -0.1) is 0 Å². The van der Waals surface area contributed by atoms with Crippen molar-refractivity contribution >= 4 is 29.4 Å². The van der Waals surface area contributed by atoms with E-state index < -0.39 is 5.97 Å². The predicted octanol–water partition coefficient (Wildman–Crippen LogP) is 1.09. The summed E-state index contributed by atoms with van der Waals surface area (Å²) < 4.78 is 4.51. The Bertz CT molecular complexity index is 516. The molecule has 1 rings (SSSR count). The zero-order valence-electron chi connectivity index (χ0n) is 11.9. The van der Waals surface area contributed by atoms with E-state index >= 15 is 0 Å². The first-order chi connectivity index (χ1) is 9.97. The summed E-state index contributed by atoms with van der Waals surface area (Å²) >= 11 is 5.73. The highest BCUT2D eigenvalue weighted by molar-refractivity contribution is 6.30. The van der Waals surface area contributed by atoms with Crippen LogP contribution in [0.1, 0.15) is 17.3 Å². The van der Waals surface area contributed by atoms with Crippen LogP contribution in [-0.2, 0) is 14.3 Å². The third-order valence-electron chi connectivity index (χ3n) is 2.79. The van der Waals surface area contributed by atoms with E-state index in [1.807, 2.05) is 0 Å². The lowest BCUT2D eigenvalue weighted by atomic mass is 10.2. The molecular weight excluding hydrogens is 296 g/mol. The molecule has 0 aromatic heterocycles. The Hall–Kier alpha value is -2.08. The highest BCUT2D eigenvalue weighted by atomic mass is 35.5. The van der Waals surface area contributed by atoms with Crippen LogP contribution in [0.15, 0.2) is 24.3 Å². The number of likely N-dealkylation sites (N-methyl/N-ethyl adjacent to an activating group) is 1. The van der Waals surface area contributed by atoms with Gasteiger partial charge in [0, 0.05) is 17.1 Å². The van der Waals surface area contributed by atoms with Gasteiger partial charge in [0.15, 0.2) is 0 Å². The Labute approximate surface area is 128 Å². The van der Waals surface area contributed by atoms with Crippen LogP contribution < -0.4 is 5.32 Å². The lowest BCUT2D eigenvalue weighted by Gasteiger charge is -2.19. The fraction of sp³-hybridized carbons (Fsp3) is 0.357. The lowest BCUT2D eigenvalue weighted by molar-refractivity contribution is -0.146. The third-order valence-corrected chi connectivity index (χ3v) is 3.04. The van der Waals surface area contributed by atoms with Gasteiger partial charge in [0.1, 0.15) is 6.54 Å². The first kappa shape index (κ1) is 17.0. The number of carbonyl (C=O) groups excluding carboxylic acids is 3. The van der Waals surface area contributed by atoms with Crippen molar-refractivity contribution < 1.29 is 19.1 Å². The number of esters is 1. The molecule has 21 heavy (non-hydrogen) atoms. The van der Waals surface area contributed by atoms with E-state index in [0.29, 0.717) is 17.1 Å². The van der Waals surface area contributed by atoms with E-state index in [4.69, 9.17) is 11.6 Å². The molecule has 2 amide bonds. The first-order valence-electron chi connectivity index (χ1n) is 6.36. The van der Waals surface area contributed by atoms with E-state index in [1.165, 1.54) is 12.0 Å². The maximum Gasteiger partial charge on any atom is 0.325 e. The number of hydrogen-bond acceptors (Lipinski definition) is 4. The topological polar surface area (TPSA) is 75.7 Å². The van der Waals surface area contributed by atoms with Gasteiger partial charge in [0.2, 0.25) is 5.91 Å². The summed E-state index contributed by atoms with van der Waals surface area (Å²) in [5, 5.41) is 3.02. The number of hydrogen-bond donors (Lipinski definition) is 1. The van der Waals surface area contributed by atoms with Crippen LogP contribution in [0.25, 0.3) is 0 Å². The standard InChI is InChI=1S/C14H17ClN2O4/c1-3-17(9-13(19)21-2)12(18)8-16-14(20)10-4-6-11(15)7-5-10/h4-7H,3,8-9H2,1-2H3,(H,16,20). The summed E-state index contributed by atoms with van der Waals surface area (Å²) in [5.41, 5.74) is 0.406. The summed E-state index contributed by atoms with van der Waals surface area (Å²) in [6, 6.07) is 6.31. The lowest BCUT2D eigenvalue weighted by Crippen LogP contribution is -2.42. The van der Waals surface area contributed by atoms with Gasteiger partial charge in [-0.1, -0.05) is 11.6 Å². The summed E-state index contributed by atoms with van der Waals surface area (Å²) in [7, 11) is 1.25. The molecule has 1 N–H and O–H groups in total. The highest BCUT2D eigenvalue weighted by Crippen LogP contribution is 2.09. The number of carbonyl (C=O) groups is 3. The minimum atomic E-state index is -0.505. The van der Waals surface area contributed by atoms with Gasteiger partial charge in [0.05, 0.1) is 13.7 Å². The Morgan fingerprint density at radius 1 is 1.24 bits per heavy atom. The molecule has 0 unspecified atom stereocenters. The number of methoxy groups -OCH3 is 1. The van der Waals surface area contributed by atoms with Crippen LogP contribution >= 0.6 is 11.6 Å². The van der Waals surface area contributed by atoms with Crippen molar-refractivity contribution in [3.05, 3.63) is 34.9 Å². The molecule has 0 heterocycles. The maximum absolute atomic E-state index is 11.9. The van der Waals surface area contributed by atoms with Crippen molar-refractivity contribution in [2.45, 2.75) is 6.92 Å². The minimum Gasteiger partial charge on any atom is -0.468 e. The molecule has 114 valence electrons. The van der Waals surface area contributed by atoms with E-state index in [2.05, 4.69) is 10.1 Å². The zero-order valence-corrected chi connectivity index (χ0v) is 12.6. The molecule has 6 nitrogen and oxygen atoms in total. The van der Waals surface area contributed by atoms with E-state index in [1.54, 1.807) is 31.2 Å². The zero-order chi connectivity index (χ0) is 15.8. The Kier molecular flexibility index (Phi) is 6.68. The number of ether oxygens (including phenoxy) is 1. The van der Waals surface area contributed by atoms with Crippen molar-refractivity contribution in [1.29, 1.82) is 0 Å². The summed E-state index contributed by atoms with van der Waals surface area (Å²) in [6.07, 6.45) is 0. The molecular formula is C14H17ClN2O4. The van der Waals surface area contributed by atoms with Gasteiger partial charge < -0.3 is 15.0 Å². The normalized spacial score (nSPS) is 9.86. The van der Waals surface area contributed by atoms with Crippen LogP contribution in [0.5, 0.6) is 0 Å². The molecule has 1 aromatic carbocycles. The fourth-order valence-corrected chi connectivity index (χ4v) is 1.69. The van der Waals surface area contributed by atoms with Gasteiger partial charge in [-0.3, -0.25) is 14.4 Å². The second-order valence-electron chi connectivity index (χ2n) is 4.17. The molecule has 0 fully saturated rings. The number of rotatable bonds is 6. The van der Waals surface area contributed by atoms with Crippen molar-refractivity contribution in [3.8, 4) is 0 Å². The highest BCUT2D eigenvalue weighted by Gasteiger charge is 2.16. The fourth-order valence-electron chi connectivity index (χ4n) is 1.57. The number of amides is 2. The average Bonchev–Trinajstić information content (AvgIpc) is 2.50. The third kappa shape index (κ3) is 5.43. The molecule has 0 bridgehead atoms. The average molecular weight is 313 g/mol. The molecule has 0 radical (unpaired) electrons. The van der Waals surface area contributed by atoms with Crippen molar-refractivity contribution in [1.82, 2.24) is 10.2 Å². The second kappa shape index (κ2) is 8.26. The SMILES string of the molecule is CCN(CC(=O)OC)C(=O)CNC(=O)c1ccc(Cl)cc1. The summed E-state index contributed by atoms with van der Waals surface area (Å²) in [5.74, 6) is -1.24. The number of benzene rings is 1. The number of halogens is 1. The molecule has 7 heteroatoms. The van der Waals surface area contributed by atoms with Crippen molar-refractivity contribution in [2.24, 2.45) is 0 Å². The van der Waals surface area contributed by atoms with Gasteiger partial charge in [-0.2, -0.15) is 0 Å². The molecule has 1 aromatic rings. The second-order valence-corrected chi connectivity index (χ2v) is 4.61. The van der Waals surface area contributed by atoms with Crippen LogP contribution in [0.3, 0.4) is 0 Å². The maximum atomic E-state index is 11.9. The Balaban J connectivity index is 2.52. The Morgan fingerprint density at radius 2 is 1.86 bits per heavy atom. The van der Waals surface area contributed by atoms with E-state index in [-0.39, 0.29) is 24.9 Å². The van der Waals surface area contributed by atoms with Crippen molar-refractivity contribution in [3.63, 3.8) is 0 Å². The predicted molar refractivity (Wildman–Crippen MR) is 78.1 cm³/mol. The summed E-state index contributed by atoms with van der Waals surface area (Å²) in [4.78, 5) is 36.2. The molecule has 0 aliphatic heterocycles. The minimum absolute atomic E-state index is 0.136. The monoisotopic (exact) mass is 312 g/mol. The molecule has 0 spiro atoms. The quantitative estimate of drug-likeness (QED) is 0.798.